The van der Waals surface area contributed by atoms with E-state index in [4.69, 9.17) is 0 Å². The van der Waals surface area contributed by atoms with E-state index < -0.39 is 70.9 Å². The molecular weight excluding hydrogens is 650 g/mol. The van der Waals surface area contributed by atoms with Crippen molar-refractivity contribution >= 4 is 35.3 Å². The molecule has 0 spiro atoms. The molecule has 1 aromatic heterocycles. The summed E-state index contributed by atoms with van der Waals surface area (Å²) in [6.45, 7) is 13.0. The molecule has 276 valence electrons. The molecule has 7 atom stereocenters. The molecule has 2 aromatic rings. The molecule has 4 rings (SSSR count). The number of hydrogen-bond donors (Lipinski definition) is 4. The Morgan fingerprint density at radius 2 is 1.63 bits per heavy atom. The minimum Gasteiger partial charge on any atom is -0.344 e. The van der Waals surface area contributed by atoms with E-state index in [0.29, 0.717) is 13.0 Å². The molecule has 2 heterocycles. The molecule has 1 saturated heterocycles. The van der Waals surface area contributed by atoms with Gasteiger partial charge in [-0.2, -0.15) is 0 Å². The van der Waals surface area contributed by atoms with Crippen molar-refractivity contribution in [3.8, 4) is 0 Å². The maximum atomic E-state index is 14.5. The lowest BCUT2D eigenvalue weighted by atomic mass is 9.85. The molecule has 2 aliphatic rings. The lowest BCUT2D eigenvalue weighted by Crippen LogP contribution is -2.62. The predicted octanol–water partition coefficient (Wildman–Crippen LogP) is 3.12. The standard InChI is InChI=1S/C38H53N7O6/c1-8-13-27(31(46)36(50)41-23(4)24-14-10-9-11-15-24)42-35(49)30-26-17-12-16-25(26)21-45(30)37(51)32(38(5,6)7)44-34(48)29(22(2)3)43-33(47)28-20-39-18-19-40-28/h9-11,14-15,18-20,22-23,25-27,29-30,32H,8,12-13,16-17,21H2,1-7H3,(H,41,50)(H,42,49)(H,43,47)(H,44,48)/t23-,25-,26-,27+,29-,30-,32+/m0/s1. The van der Waals surface area contributed by atoms with E-state index in [1.165, 1.54) is 18.6 Å². The van der Waals surface area contributed by atoms with Gasteiger partial charge in [0.2, 0.25) is 23.5 Å². The van der Waals surface area contributed by atoms with Crippen LogP contribution >= 0.6 is 0 Å². The molecule has 0 bridgehead atoms. The molecular formula is C38H53N7O6. The number of carbonyl (C=O) groups is 6. The Hall–Kier alpha value is -4.68. The predicted molar refractivity (Wildman–Crippen MR) is 191 cm³/mol. The summed E-state index contributed by atoms with van der Waals surface area (Å²) in [5, 5.41) is 11.2. The lowest BCUT2D eigenvalue weighted by molar-refractivity contribution is -0.146. The quantitative estimate of drug-likeness (QED) is 0.217. The zero-order valence-electron chi connectivity index (χ0n) is 30.8. The largest absolute Gasteiger partial charge is 0.344 e. The van der Waals surface area contributed by atoms with Gasteiger partial charge in [0, 0.05) is 18.9 Å². The number of fused-ring (bicyclic) bond motifs is 1. The van der Waals surface area contributed by atoms with Gasteiger partial charge in [-0.3, -0.25) is 33.8 Å². The molecule has 1 saturated carbocycles. The van der Waals surface area contributed by atoms with Gasteiger partial charge in [0.1, 0.15) is 23.8 Å². The summed E-state index contributed by atoms with van der Waals surface area (Å²) in [4.78, 5) is 91.4. The summed E-state index contributed by atoms with van der Waals surface area (Å²) in [6, 6.07) is 4.91. The van der Waals surface area contributed by atoms with Crippen LogP contribution in [0.3, 0.4) is 0 Å². The molecule has 5 amide bonds. The van der Waals surface area contributed by atoms with E-state index in [-0.39, 0.29) is 29.9 Å². The Morgan fingerprint density at radius 1 is 0.922 bits per heavy atom. The van der Waals surface area contributed by atoms with Crippen LogP contribution in [0.1, 0.15) is 103 Å². The number of carbonyl (C=O) groups excluding carboxylic acids is 6. The number of benzene rings is 1. The van der Waals surface area contributed by atoms with Crippen molar-refractivity contribution in [3.63, 3.8) is 0 Å². The van der Waals surface area contributed by atoms with E-state index in [9.17, 15) is 28.8 Å². The SMILES string of the molecule is CCC[C@@H](NC(=O)[C@@H]1[C@H]2CCC[C@H]2CN1C(=O)[C@@H](NC(=O)[C@@H](NC(=O)c1cnccn1)C(C)C)C(C)(C)C)C(=O)C(=O)N[C@@H](C)c1ccccc1. The van der Waals surface area contributed by atoms with Crippen molar-refractivity contribution < 1.29 is 28.8 Å². The molecule has 1 aliphatic carbocycles. The highest BCUT2D eigenvalue weighted by atomic mass is 16.2. The van der Waals surface area contributed by atoms with E-state index in [2.05, 4.69) is 31.2 Å². The zero-order valence-corrected chi connectivity index (χ0v) is 30.8. The molecule has 1 aromatic carbocycles. The Balaban J connectivity index is 1.52. The summed E-state index contributed by atoms with van der Waals surface area (Å²) < 4.78 is 0. The van der Waals surface area contributed by atoms with Gasteiger partial charge in [0.05, 0.1) is 18.3 Å². The number of rotatable bonds is 14. The average Bonchev–Trinajstić information content (AvgIpc) is 3.70. The number of ketones is 1. The van der Waals surface area contributed by atoms with Gasteiger partial charge in [0.15, 0.2) is 0 Å². The monoisotopic (exact) mass is 703 g/mol. The highest BCUT2D eigenvalue weighted by Gasteiger charge is 2.52. The van der Waals surface area contributed by atoms with Gasteiger partial charge in [-0.05, 0) is 54.9 Å². The van der Waals surface area contributed by atoms with Gasteiger partial charge in [-0.1, -0.05) is 84.7 Å². The number of nitrogens with one attached hydrogen (secondary N) is 4. The minimum absolute atomic E-state index is 0.0555. The zero-order chi connectivity index (χ0) is 37.5. The van der Waals surface area contributed by atoms with Gasteiger partial charge in [-0.25, -0.2) is 4.98 Å². The summed E-state index contributed by atoms with van der Waals surface area (Å²) >= 11 is 0. The van der Waals surface area contributed by atoms with Crippen molar-refractivity contribution in [2.24, 2.45) is 23.2 Å². The summed E-state index contributed by atoms with van der Waals surface area (Å²) in [6.07, 6.45) is 7.43. The van der Waals surface area contributed by atoms with E-state index in [0.717, 1.165) is 24.8 Å². The Kier molecular flexibility index (Phi) is 13.1. The van der Waals surface area contributed by atoms with Crippen LogP contribution in [0.5, 0.6) is 0 Å². The molecule has 13 heteroatoms. The molecule has 51 heavy (non-hydrogen) atoms. The van der Waals surface area contributed by atoms with E-state index >= 15 is 0 Å². The summed E-state index contributed by atoms with van der Waals surface area (Å²) in [7, 11) is 0. The third-order valence-corrected chi connectivity index (χ3v) is 9.95. The first-order valence-electron chi connectivity index (χ1n) is 18.0. The molecule has 4 N–H and O–H groups in total. The second-order valence-corrected chi connectivity index (χ2v) is 15.2. The number of Topliss-reactive ketones (excluding diaryl/α,β-unsaturated/α-hetero) is 1. The van der Waals surface area contributed by atoms with Gasteiger partial charge >= 0.3 is 0 Å². The number of nitrogens with zero attached hydrogens (tertiary/aromatic N) is 3. The van der Waals surface area contributed by atoms with Crippen LogP contribution in [0, 0.1) is 23.2 Å². The molecule has 1 aliphatic heterocycles. The average molecular weight is 704 g/mol. The van der Waals surface area contributed by atoms with Crippen LogP contribution in [0.2, 0.25) is 0 Å². The summed E-state index contributed by atoms with van der Waals surface area (Å²) in [5.74, 6) is -3.90. The first kappa shape index (κ1) is 39.1. The Bertz CT molecular complexity index is 1560. The maximum absolute atomic E-state index is 14.5. The van der Waals surface area contributed by atoms with Crippen molar-refractivity contribution in [1.82, 2.24) is 36.1 Å². The first-order chi connectivity index (χ1) is 24.1. The highest BCUT2D eigenvalue weighted by Crippen LogP contribution is 2.43. The highest BCUT2D eigenvalue weighted by molar-refractivity contribution is 6.38. The minimum atomic E-state index is -1.06. The number of likely N-dealkylation sites (tertiary alicyclic amines) is 1. The Morgan fingerprint density at radius 3 is 2.24 bits per heavy atom. The normalized spacial score (nSPS) is 20.8. The van der Waals surface area contributed by atoms with Crippen LogP contribution in [0.15, 0.2) is 48.9 Å². The van der Waals surface area contributed by atoms with Gasteiger partial charge < -0.3 is 26.2 Å². The number of hydrogen-bond acceptors (Lipinski definition) is 8. The summed E-state index contributed by atoms with van der Waals surface area (Å²) in [5.41, 5.74) is 0.131. The maximum Gasteiger partial charge on any atom is 0.290 e. The van der Waals surface area contributed by atoms with Crippen molar-refractivity contribution in [2.45, 2.75) is 111 Å². The van der Waals surface area contributed by atoms with Crippen molar-refractivity contribution in [2.75, 3.05) is 6.54 Å². The molecule has 2 fully saturated rings. The van der Waals surface area contributed by atoms with E-state index in [1.807, 2.05) is 58.0 Å². The van der Waals surface area contributed by atoms with Crippen LogP contribution < -0.4 is 21.3 Å². The van der Waals surface area contributed by atoms with Crippen LogP contribution in [-0.4, -0.2) is 80.9 Å². The Labute approximate surface area is 300 Å². The fourth-order valence-corrected chi connectivity index (χ4v) is 7.15. The van der Waals surface area contributed by atoms with Gasteiger partial charge in [-0.15, -0.1) is 0 Å². The third-order valence-electron chi connectivity index (χ3n) is 9.95. The van der Waals surface area contributed by atoms with Crippen LogP contribution in [0.4, 0.5) is 0 Å². The molecule has 0 unspecified atom stereocenters. The van der Waals surface area contributed by atoms with Crippen LogP contribution in [0.25, 0.3) is 0 Å². The number of amides is 5. The van der Waals surface area contributed by atoms with Crippen molar-refractivity contribution in [3.05, 3.63) is 60.2 Å². The smallest absolute Gasteiger partial charge is 0.290 e. The second-order valence-electron chi connectivity index (χ2n) is 15.2. The first-order valence-corrected chi connectivity index (χ1v) is 18.0. The fourth-order valence-electron chi connectivity index (χ4n) is 7.15. The molecule has 13 nitrogen and oxygen atoms in total. The van der Waals surface area contributed by atoms with Crippen LogP contribution in [-0.2, 0) is 24.0 Å². The topological polar surface area (TPSA) is 180 Å². The van der Waals surface area contributed by atoms with Crippen molar-refractivity contribution in [1.29, 1.82) is 0 Å². The third kappa shape index (κ3) is 9.56. The second kappa shape index (κ2) is 17.0. The lowest BCUT2D eigenvalue weighted by Gasteiger charge is -2.37. The number of aromatic nitrogens is 2. The van der Waals surface area contributed by atoms with Gasteiger partial charge in [0.25, 0.3) is 11.8 Å². The molecule has 0 radical (unpaired) electrons. The fraction of sp³-hybridized carbons (Fsp3) is 0.579. The van der Waals surface area contributed by atoms with E-state index in [1.54, 1.807) is 25.7 Å².